The molecule has 2 spiro atoms. The maximum absolute atomic E-state index is 2.53. The van der Waals surface area contributed by atoms with Crippen molar-refractivity contribution in [1.29, 1.82) is 0 Å². The molecule has 2 heteroatoms. The van der Waals surface area contributed by atoms with Crippen LogP contribution in [0.1, 0.15) is 69.5 Å². The largest absolute Gasteiger partial charge is 0.344 e. The summed E-state index contributed by atoms with van der Waals surface area (Å²) in [6, 6.07) is 69.2. The van der Waals surface area contributed by atoms with Gasteiger partial charge < -0.3 is 9.80 Å². The SMILES string of the molecule is CN1c2ccccc2C2(c3ccccc3-c3ccccc32)c2cc(-c3ccc4c(c3)C3(c5ccccc5N4C)c4ccccc4C(C)(C)c4ccccc43)ccc21. The monoisotopic (exact) mass is 730 g/mol. The molecule has 2 aliphatic heterocycles. The quantitative estimate of drug-likeness (QED) is 0.166. The first-order valence-electron chi connectivity index (χ1n) is 20.2. The summed E-state index contributed by atoms with van der Waals surface area (Å²) < 4.78 is 0. The number of benzene rings is 8. The first-order chi connectivity index (χ1) is 27.9. The van der Waals surface area contributed by atoms with Crippen molar-refractivity contribution in [3.05, 3.63) is 238 Å². The minimum Gasteiger partial charge on any atom is -0.344 e. The van der Waals surface area contributed by atoms with E-state index in [0.717, 1.165) is 0 Å². The molecule has 4 aliphatic rings. The van der Waals surface area contributed by atoms with Gasteiger partial charge in [-0.2, -0.15) is 0 Å². The molecule has 0 saturated carbocycles. The van der Waals surface area contributed by atoms with Crippen LogP contribution >= 0.6 is 0 Å². The van der Waals surface area contributed by atoms with Crippen LogP contribution in [-0.4, -0.2) is 14.1 Å². The van der Waals surface area contributed by atoms with Crippen LogP contribution in [0.2, 0.25) is 0 Å². The Morgan fingerprint density at radius 2 is 0.614 bits per heavy atom. The fraction of sp³-hybridized carbons (Fsp3) is 0.127. The molecule has 0 radical (unpaired) electrons. The number of hydrogen-bond acceptors (Lipinski definition) is 2. The van der Waals surface area contributed by atoms with Crippen LogP contribution in [0.3, 0.4) is 0 Å². The number of nitrogens with zero attached hydrogens (tertiary/aromatic N) is 2. The van der Waals surface area contributed by atoms with E-state index in [-0.39, 0.29) is 5.41 Å². The van der Waals surface area contributed by atoms with Gasteiger partial charge in [0.1, 0.15) is 0 Å². The first kappa shape index (κ1) is 32.6. The van der Waals surface area contributed by atoms with Crippen LogP contribution in [0.4, 0.5) is 22.7 Å². The van der Waals surface area contributed by atoms with E-state index in [1.54, 1.807) is 0 Å². The molecule has 2 aliphatic carbocycles. The maximum atomic E-state index is 2.53. The number of para-hydroxylation sites is 2. The molecule has 0 N–H and O–H groups in total. The van der Waals surface area contributed by atoms with Gasteiger partial charge in [0, 0.05) is 42.3 Å². The highest BCUT2D eigenvalue weighted by atomic mass is 15.1. The Hall–Kier alpha value is -6.64. The Kier molecular flexibility index (Phi) is 6.42. The summed E-state index contributed by atoms with van der Waals surface area (Å²) in [6.07, 6.45) is 0. The standard InChI is InChI=1S/C55H42N2/c1-53(2)41-21-9-11-23-43(41)55(44-24-12-10-22-42(44)53)46-26-14-16-28-50(46)57(4)52-32-30-36(34-48(52)55)35-29-31-51-47(33-35)54(45-25-13-15-27-49(45)56(51)3)39-19-7-5-17-37(39)38-18-6-8-20-40(38)54/h5-34H,1-4H3. The van der Waals surface area contributed by atoms with Gasteiger partial charge >= 0.3 is 0 Å². The Balaban J connectivity index is 1.16. The Morgan fingerprint density at radius 3 is 1.05 bits per heavy atom. The zero-order chi connectivity index (χ0) is 38.3. The van der Waals surface area contributed by atoms with Crippen LogP contribution in [0, 0.1) is 0 Å². The molecule has 272 valence electrons. The Labute approximate surface area is 335 Å². The molecule has 0 atom stereocenters. The minimum absolute atomic E-state index is 0.155. The van der Waals surface area contributed by atoms with Gasteiger partial charge in [0.25, 0.3) is 0 Å². The smallest absolute Gasteiger partial charge is 0.0754 e. The molecule has 0 saturated heterocycles. The maximum Gasteiger partial charge on any atom is 0.0754 e. The van der Waals surface area contributed by atoms with Gasteiger partial charge in [-0.05, 0) is 114 Å². The molecule has 8 aromatic carbocycles. The molecule has 57 heavy (non-hydrogen) atoms. The van der Waals surface area contributed by atoms with Gasteiger partial charge in [0.15, 0.2) is 0 Å². The van der Waals surface area contributed by atoms with Crippen molar-refractivity contribution in [3.63, 3.8) is 0 Å². The molecule has 0 bridgehead atoms. The molecule has 0 unspecified atom stereocenters. The fourth-order valence-corrected chi connectivity index (χ4v) is 11.7. The summed E-state index contributed by atoms with van der Waals surface area (Å²) in [5, 5.41) is 0. The molecular formula is C55H42N2. The molecular weight excluding hydrogens is 689 g/mol. The van der Waals surface area contributed by atoms with E-state index in [4.69, 9.17) is 0 Å². The number of anilines is 4. The molecule has 0 amide bonds. The average Bonchev–Trinajstić information content (AvgIpc) is 3.56. The topological polar surface area (TPSA) is 6.48 Å². The summed E-state index contributed by atoms with van der Waals surface area (Å²) in [6.45, 7) is 4.79. The summed E-state index contributed by atoms with van der Waals surface area (Å²) in [5.41, 5.74) is 22.5. The second-order valence-corrected chi connectivity index (χ2v) is 16.9. The fourth-order valence-electron chi connectivity index (χ4n) is 11.7. The van der Waals surface area contributed by atoms with E-state index < -0.39 is 10.8 Å². The molecule has 12 rings (SSSR count). The lowest BCUT2D eigenvalue weighted by Gasteiger charge is -2.52. The molecule has 8 aromatic rings. The lowest BCUT2D eigenvalue weighted by Crippen LogP contribution is -2.45. The van der Waals surface area contributed by atoms with Gasteiger partial charge in [-0.3, -0.25) is 0 Å². The highest BCUT2D eigenvalue weighted by Crippen LogP contribution is 2.64. The second kappa shape index (κ2) is 11.2. The molecule has 2 nitrogen and oxygen atoms in total. The molecule has 0 aromatic heterocycles. The van der Waals surface area contributed by atoms with E-state index in [2.05, 4.69) is 220 Å². The van der Waals surface area contributed by atoms with Crippen LogP contribution in [-0.2, 0) is 16.2 Å². The van der Waals surface area contributed by atoms with E-state index in [1.165, 1.54) is 101 Å². The van der Waals surface area contributed by atoms with Crippen molar-refractivity contribution in [3.8, 4) is 22.3 Å². The summed E-state index contributed by atoms with van der Waals surface area (Å²) in [7, 11) is 4.46. The van der Waals surface area contributed by atoms with E-state index >= 15 is 0 Å². The van der Waals surface area contributed by atoms with Crippen molar-refractivity contribution in [1.82, 2.24) is 0 Å². The van der Waals surface area contributed by atoms with Gasteiger partial charge in [0.05, 0.1) is 10.8 Å². The average molecular weight is 731 g/mol. The minimum atomic E-state index is -0.505. The van der Waals surface area contributed by atoms with Gasteiger partial charge in [-0.15, -0.1) is 0 Å². The summed E-state index contributed by atoms with van der Waals surface area (Å²) >= 11 is 0. The lowest BCUT2D eigenvalue weighted by atomic mass is 9.53. The second-order valence-electron chi connectivity index (χ2n) is 16.9. The summed E-state index contributed by atoms with van der Waals surface area (Å²) in [4.78, 5) is 4.80. The number of rotatable bonds is 1. The third-order valence-corrected chi connectivity index (χ3v) is 14.2. The predicted octanol–water partition coefficient (Wildman–Crippen LogP) is 12.9. The Bertz CT molecular complexity index is 2910. The summed E-state index contributed by atoms with van der Waals surface area (Å²) in [5.74, 6) is 0. The van der Waals surface area contributed by atoms with Crippen molar-refractivity contribution >= 4 is 22.7 Å². The van der Waals surface area contributed by atoms with Crippen molar-refractivity contribution < 1.29 is 0 Å². The van der Waals surface area contributed by atoms with Crippen molar-refractivity contribution in [2.75, 3.05) is 23.9 Å². The third-order valence-electron chi connectivity index (χ3n) is 14.2. The number of fused-ring (bicyclic) bond motifs is 17. The van der Waals surface area contributed by atoms with E-state index in [1.807, 2.05) is 0 Å². The molecule has 0 fully saturated rings. The van der Waals surface area contributed by atoms with Gasteiger partial charge in [-0.1, -0.05) is 159 Å². The Morgan fingerprint density at radius 1 is 0.298 bits per heavy atom. The number of hydrogen-bond donors (Lipinski definition) is 0. The van der Waals surface area contributed by atoms with Crippen LogP contribution in [0.5, 0.6) is 0 Å². The van der Waals surface area contributed by atoms with E-state index in [9.17, 15) is 0 Å². The lowest BCUT2D eigenvalue weighted by molar-refractivity contribution is 0.556. The normalized spacial score (nSPS) is 16.4. The highest BCUT2D eigenvalue weighted by Gasteiger charge is 2.54. The zero-order valence-corrected chi connectivity index (χ0v) is 32.7. The van der Waals surface area contributed by atoms with Crippen molar-refractivity contribution in [2.45, 2.75) is 30.1 Å². The third kappa shape index (κ3) is 3.86. The van der Waals surface area contributed by atoms with Crippen LogP contribution < -0.4 is 9.80 Å². The van der Waals surface area contributed by atoms with Gasteiger partial charge in [-0.25, -0.2) is 0 Å². The predicted molar refractivity (Wildman–Crippen MR) is 236 cm³/mol. The van der Waals surface area contributed by atoms with Crippen LogP contribution in [0.25, 0.3) is 22.3 Å². The van der Waals surface area contributed by atoms with Crippen molar-refractivity contribution in [2.24, 2.45) is 0 Å². The van der Waals surface area contributed by atoms with E-state index in [0.29, 0.717) is 0 Å². The van der Waals surface area contributed by atoms with Gasteiger partial charge in [0.2, 0.25) is 0 Å². The highest BCUT2D eigenvalue weighted by molar-refractivity contribution is 5.94. The first-order valence-corrected chi connectivity index (χ1v) is 20.2. The molecule has 2 heterocycles. The zero-order valence-electron chi connectivity index (χ0n) is 32.7. The van der Waals surface area contributed by atoms with Crippen LogP contribution in [0.15, 0.2) is 182 Å².